The first-order valence-electron chi connectivity index (χ1n) is 6.49. The minimum absolute atomic E-state index is 0.119. The Morgan fingerprint density at radius 3 is 2.41 bits per heavy atom. The van der Waals surface area contributed by atoms with Crippen LogP contribution in [0.4, 0.5) is 0 Å². The van der Waals surface area contributed by atoms with Gasteiger partial charge >= 0.3 is 5.97 Å². The second-order valence-corrected chi connectivity index (χ2v) is 5.02. The largest absolute Gasteiger partial charge is 0.479 e. The Balaban J connectivity index is 2.98. The first-order chi connectivity index (χ1) is 7.97. The first kappa shape index (κ1) is 14.0. The minimum Gasteiger partial charge on any atom is -0.479 e. The summed E-state index contributed by atoms with van der Waals surface area (Å²) in [6, 6.07) is 0. The highest BCUT2D eigenvalue weighted by Gasteiger charge is 2.50. The van der Waals surface area contributed by atoms with Crippen LogP contribution in [0.3, 0.4) is 0 Å². The van der Waals surface area contributed by atoms with E-state index in [1.165, 1.54) is 6.92 Å². The van der Waals surface area contributed by atoms with Gasteiger partial charge in [-0.25, -0.2) is 4.79 Å². The zero-order valence-corrected chi connectivity index (χ0v) is 11.0. The van der Waals surface area contributed by atoms with Crippen LogP contribution in [0.25, 0.3) is 0 Å². The summed E-state index contributed by atoms with van der Waals surface area (Å²) in [6.07, 6.45) is 3.91. The topological polar surface area (TPSA) is 57.6 Å². The van der Waals surface area contributed by atoms with Crippen LogP contribution in [-0.4, -0.2) is 34.0 Å². The van der Waals surface area contributed by atoms with E-state index >= 15 is 0 Å². The van der Waals surface area contributed by atoms with Crippen LogP contribution >= 0.6 is 0 Å². The highest BCUT2D eigenvalue weighted by molar-refractivity contribution is 5.86. The van der Waals surface area contributed by atoms with Gasteiger partial charge in [0.25, 0.3) is 0 Å². The molecule has 1 rings (SSSR count). The van der Waals surface area contributed by atoms with E-state index in [0.29, 0.717) is 25.3 Å². The Kier molecular flexibility index (Phi) is 4.54. The summed E-state index contributed by atoms with van der Waals surface area (Å²) >= 11 is 0. The molecule has 1 fully saturated rings. The number of hydrogen-bond acceptors (Lipinski definition) is 2. The maximum absolute atomic E-state index is 11.7. The fourth-order valence-corrected chi connectivity index (χ4v) is 2.92. The molecule has 0 aromatic heterocycles. The van der Waals surface area contributed by atoms with E-state index in [4.69, 9.17) is 0 Å². The fourth-order valence-electron chi connectivity index (χ4n) is 2.92. The molecule has 0 spiro atoms. The first-order valence-corrected chi connectivity index (χ1v) is 6.49. The van der Waals surface area contributed by atoms with Gasteiger partial charge in [-0.3, -0.25) is 4.79 Å². The van der Waals surface area contributed by atoms with E-state index in [-0.39, 0.29) is 5.91 Å². The summed E-state index contributed by atoms with van der Waals surface area (Å²) in [6.45, 7) is 6.07. The van der Waals surface area contributed by atoms with E-state index in [9.17, 15) is 14.7 Å². The molecule has 0 bridgehead atoms. The Morgan fingerprint density at radius 2 is 2.06 bits per heavy atom. The predicted octanol–water partition coefficient (Wildman–Crippen LogP) is 2.28. The van der Waals surface area contributed by atoms with E-state index in [1.54, 1.807) is 4.90 Å². The lowest BCUT2D eigenvalue weighted by molar-refractivity contribution is -0.158. The van der Waals surface area contributed by atoms with Crippen molar-refractivity contribution in [2.75, 3.05) is 6.54 Å². The molecule has 0 aliphatic heterocycles. The molecule has 0 aromatic rings. The molecule has 1 aliphatic carbocycles. The maximum Gasteiger partial charge on any atom is 0.329 e. The molecule has 2 unspecified atom stereocenters. The summed E-state index contributed by atoms with van der Waals surface area (Å²) in [7, 11) is 0. The normalized spacial score (nSPS) is 28.1. The molecule has 4 heteroatoms. The molecule has 0 saturated heterocycles. The Morgan fingerprint density at radius 1 is 1.41 bits per heavy atom. The van der Waals surface area contributed by atoms with Crippen LogP contribution in [0.15, 0.2) is 0 Å². The van der Waals surface area contributed by atoms with E-state index in [1.807, 2.05) is 6.92 Å². The monoisotopic (exact) mass is 241 g/mol. The van der Waals surface area contributed by atoms with Crippen molar-refractivity contribution in [3.8, 4) is 0 Å². The van der Waals surface area contributed by atoms with Crippen molar-refractivity contribution in [3.63, 3.8) is 0 Å². The summed E-state index contributed by atoms with van der Waals surface area (Å²) < 4.78 is 0. The molecule has 0 radical (unpaired) electrons. The molecule has 17 heavy (non-hydrogen) atoms. The lowest BCUT2D eigenvalue weighted by Gasteiger charge is -2.37. The van der Waals surface area contributed by atoms with E-state index < -0.39 is 11.5 Å². The number of aliphatic carboxylic acids is 1. The predicted molar refractivity (Wildman–Crippen MR) is 65.7 cm³/mol. The quantitative estimate of drug-likeness (QED) is 0.803. The molecule has 1 N–H and O–H groups in total. The molecule has 0 heterocycles. The highest BCUT2D eigenvalue weighted by atomic mass is 16.4. The molecule has 1 aliphatic rings. The molecular weight excluding hydrogens is 218 g/mol. The Labute approximate surface area is 103 Å². The third kappa shape index (κ3) is 2.61. The molecule has 4 nitrogen and oxygen atoms in total. The van der Waals surface area contributed by atoms with Crippen LogP contribution in [-0.2, 0) is 9.59 Å². The van der Waals surface area contributed by atoms with Crippen molar-refractivity contribution in [3.05, 3.63) is 0 Å². The van der Waals surface area contributed by atoms with Gasteiger partial charge in [0.05, 0.1) is 0 Å². The van der Waals surface area contributed by atoms with Gasteiger partial charge in [-0.05, 0) is 31.6 Å². The number of carboxylic acids is 1. The number of amides is 1. The average Bonchev–Trinajstić information content (AvgIpc) is 2.70. The van der Waals surface area contributed by atoms with Crippen LogP contribution in [0.2, 0.25) is 0 Å². The molecule has 98 valence electrons. The maximum atomic E-state index is 11.7. The third-order valence-electron chi connectivity index (χ3n) is 3.91. The van der Waals surface area contributed by atoms with Gasteiger partial charge in [0.1, 0.15) is 5.54 Å². The second-order valence-electron chi connectivity index (χ2n) is 5.02. The molecule has 2 atom stereocenters. The number of carbonyl (C=O) groups is 2. The number of nitrogens with zero attached hydrogens (tertiary/aromatic N) is 1. The number of hydrogen-bond donors (Lipinski definition) is 1. The zero-order chi connectivity index (χ0) is 13.1. The summed E-state index contributed by atoms with van der Waals surface area (Å²) in [4.78, 5) is 24.9. The van der Waals surface area contributed by atoms with Crippen molar-refractivity contribution < 1.29 is 14.7 Å². The molecular formula is C13H23NO3. The van der Waals surface area contributed by atoms with E-state index in [0.717, 1.165) is 19.3 Å². The molecule has 0 aromatic carbocycles. The van der Waals surface area contributed by atoms with Gasteiger partial charge in [-0.2, -0.15) is 0 Å². The lowest BCUT2D eigenvalue weighted by Crippen LogP contribution is -2.55. The summed E-state index contributed by atoms with van der Waals surface area (Å²) in [5, 5.41) is 9.53. The molecule has 1 amide bonds. The van der Waals surface area contributed by atoms with Crippen molar-refractivity contribution >= 4 is 11.9 Å². The van der Waals surface area contributed by atoms with Crippen LogP contribution in [0.1, 0.15) is 52.9 Å². The fraction of sp³-hybridized carbons (Fsp3) is 0.846. The summed E-state index contributed by atoms with van der Waals surface area (Å²) in [5.41, 5.74) is -0.942. The van der Waals surface area contributed by atoms with Gasteiger partial charge < -0.3 is 10.0 Å². The number of carbonyl (C=O) groups excluding carboxylic acids is 1. The van der Waals surface area contributed by atoms with E-state index in [2.05, 4.69) is 6.92 Å². The van der Waals surface area contributed by atoms with Crippen molar-refractivity contribution in [1.82, 2.24) is 4.90 Å². The highest BCUT2D eigenvalue weighted by Crippen LogP contribution is 2.41. The number of rotatable bonds is 5. The van der Waals surface area contributed by atoms with Gasteiger partial charge in [0, 0.05) is 13.5 Å². The molecule has 1 saturated carbocycles. The summed E-state index contributed by atoms with van der Waals surface area (Å²) in [5.74, 6) is -0.520. The average molecular weight is 241 g/mol. The van der Waals surface area contributed by atoms with Gasteiger partial charge in [-0.1, -0.05) is 20.3 Å². The Hall–Kier alpha value is -1.06. The van der Waals surface area contributed by atoms with Gasteiger partial charge in [-0.15, -0.1) is 0 Å². The van der Waals surface area contributed by atoms with Crippen LogP contribution in [0.5, 0.6) is 0 Å². The minimum atomic E-state index is -0.942. The van der Waals surface area contributed by atoms with Crippen molar-refractivity contribution in [2.45, 2.75) is 58.4 Å². The van der Waals surface area contributed by atoms with Crippen molar-refractivity contribution in [1.29, 1.82) is 0 Å². The zero-order valence-electron chi connectivity index (χ0n) is 11.0. The van der Waals surface area contributed by atoms with Crippen LogP contribution < -0.4 is 0 Å². The second kappa shape index (κ2) is 5.52. The number of carboxylic acid groups (broad SMARTS) is 1. The van der Waals surface area contributed by atoms with Crippen LogP contribution in [0, 0.1) is 5.92 Å². The standard InChI is InChI=1S/C13H23NO3/c1-4-8-14(10(3)15)13(12(16)17)7-6-11(5-2)9-13/h11H,4-9H2,1-3H3,(H,16,17). The third-order valence-corrected chi connectivity index (χ3v) is 3.91. The van der Waals surface area contributed by atoms with Gasteiger partial charge in [0.15, 0.2) is 0 Å². The van der Waals surface area contributed by atoms with Gasteiger partial charge in [0.2, 0.25) is 5.91 Å². The SMILES string of the molecule is CCCN(C(C)=O)C1(C(=O)O)CCC(CC)C1. The lowest BCUT2D eigenvalue weighted by atomic mass is 9.92. The smallest absolute Gasteiger partial charge is 0.329 e. The van der Waals surface area contributed by atoms with Crippen molar-refractivity contribution in [2.24, 2.45) is 5.92 Å². The Bertz CT molecular complexity index is 303.